The van der Waals surface area contributed by atoms with Gasteiger partial charge in [0.15, 0.2) is 0 Å². The Morgan fingerprint density at radius 3 is 2.06 bits per heavy atom. The Morgan fingerprint density at radius 2 is 1.42 bits per heavy atom. The molecule has 1 N–H and O–H groups in total. The summed E-state index contributed by atoms with van der Waals surface area (Å²) in [4.78, 5) is 48.5. The number of anilines is 1. The van der Waals surface area contributed by atoms with E-state index in [0.29, 0.717) is 23.9 Å². The molecule has 1 fully saturated rings. The van der Waals surface area contributed by atoms with Crippen LogP contribution in [-0.4, -0.2) is 47.4 Å². The van der Waals surface area contributed by atoms with Crippen molar-refractivity contribution in [3.63, 3.8) is 0 Å². The number of esters is 2. The van der Waals surface area contributed by atoms with Gasteiger partial charge in [-0.2, -0.15) is 0 Å². The fourth-order valence-electron chi connectivity index (χ4n) is 5.55. The third-order valence-electron chi connectivity index (χ3n) is 8.36. The van der Waals surface area contributed by atoms with Gasteiger partial charge in [0.05, 0.1) is 5.41 Å². The molecule has 1 aliphatic rings. The number of carbonyl (C=O) groups excluding carboxylic acids is 3. The highest BCUT2D eigenvalue weighted by molar-refractivity contribution is 5.94. The molecule has 1 aromatic heterocycles. The monoisotopic (exact) mass is 648 g/mol. The number of hydrogen-bond acceptors (Lipinski definition) is 8. The molecule has 2 heterocycles. The van der Waals surface area contributed by atoms with Crippen LogP contribution in [0.25, 0.3) is 11.1 Å². The van der Waals surface area contributed by atoms with Gasteiger partial charge in [0.1, 0.15) is 31.3 Å². The van der Waals surface area contributed by atoms with E-state index in [1.54, 1.807) is 6.07 Å². The Morgan fingerprint density at radius 1 is 0.812 bits per heavy atom. The molecule has 0 atom stereocenters. The van der Waals surface area contributed by atoms with E-state index in [9.17, 15) is 14.4 Å². The van der Waals surface area contributed by atoms with Crippen LogP contribution in [0.15, 0.2) is 84.9 Å². The number of benzene rings is 3. The summed E-state index contributed by atoms with van der Waals surface area (Å²) in [6.45, 7) is 9.45. The lowest BCUT2D eigenvalue weighted by Crippen LogP contribution is -2.34. The van der Waals surface area contributed by atoms with Crippen molar-refractivity contribution in [2.24, 2.45) is 11.3 Å². The Bertz CT molecular complexity index is 1690. The van der Waals surface area contributed by atoms with Gasteiger partial charge in [0, 0.05) is 30.9 Å². The Kier molecular flexibility index (Phi) is 11.2. The van der Waals surface area contributed by atoms with Crippen molar-refractivity contribution in [2.75, 3.05) is 24.5 Å². The van der Waals surface area contributed by atoms with Gasteiger partial charge < -0.3 is 19.7 Å². The van der Waals surface area contributed by atoms with E-state index in [-0.39, 0.29) is 31.4 Å². The minimum atomic E-state index is -0.514. The van der Waals surface area contributed by atoms with Crippen LogP contribution >= 0.6 is 0 Å². The maximum Gasteiger partial charge on any atom is 0.325 e. The second kappa shape index (κ2) is 15.7. The smallest absolute Gasteiger partial charge is 0.325 e. The predicted octanol–water partition coefficient (Wildman–Crippen LogP) is 6.47. The maximum absolute atomic E-state index is 12.8. The van der Waals surface area contributed by atoms with Crippen molar-refractivity contribution in [3.05, 3.63) is 113 Å². The molecule has 0 saturated carbocycles. The van der Waals surface area contributed by atoms with Crippen molar-refractivity contribution in [3.8, 4) is 11.1 Å². The molecule has 1 aliphatic heterocycles. The standard InChI is InChI=1S/C39H44N4O5/c1-27-22-34(37(45)40-24-36(44)47-25-29-8-6-5-7-9-29)42-35(41-27)23-28-18-20-43(21-19-28)33-16-14-32(15-17-33)31-12-10-30(11-13-31)26-48-38(46)39(2,3)4/h5-17,22,28H,18-21,23-26H2,1-4H3,(H,40,45). The number of aryl methyl sites for hydroxylation is 1. The van der Waals surface area contributed by atoms with Gasteiger partial charge in [0.25, 0.3) is 5.91 Å². The van der Waals surface area contributed by atoms with E-state index in [1.807, 2.05) is 70.2 Å². The third-order valence-corrected chi connectivity index (χ3v) is 8.36. The molecule has 9 heteroatoms. The summed E-state index contributed by atoms with van der Waals surface area (Å²) in [6, 6.07) is 27.8. The largest absolute Gasteiger partial charge is 0.460 e. The quantitative estimate of drug-likeness (QED) is 0.184. The molecule has 0 radical (unpaired) electrons. The van der Waals surface area contributed by atoms with Crippen molar-refractivity contribution in [2.45, 2.75) is 60.2 Å². The molecule has 1 saturated heterocycles. The van der Waals surface area contributed by atoms with Gasteiger partial charge in [-0.15, -0.1) is 0 Å². The zero-order chi connectivity index (χ0) is 34.1. The number of piperidine rings is 1. The topological polar surface area (TPSA) is 111 Å². The van der Waals surface area contributed by atoms with Gasteiger partial charge in [0.2, 0.25) is 0 Å². The van der Waals surface area contributed by atoms with E-state index < -0.39 is 17.3 Å². The summed E-state index contributed by atoms with van der Waals surface area (Å²) in [6.07, 6.45) is 2.68. The minimum Gasteiger partial charge on any atom is -0.460 e. The Labute approximate surface area is 282 Å². The summed E-state index contributed by atoms with van der Waals surface area (Å²) in [7, 11) is 0. The number of ether oxygens (including phenoxy) is 2. The van der Waals surface area contributed by atoms with Gasteiger partial charge in [-0.3, -0.25) is 14.4 Å². The van der Waals surface area contributed by atoms with Crippen LogP contribution < -0.4 is 10.2 Å². The summed E-state index contributed by atoms with van der Waals surface area (Å²) in [5, 5.41) is 2.62. The summed E-state index contributed by atoms with van der Waals surface area (Å²) in [5.74, 6) is -0.0824. The molecule has 0 unspecified atom stereocenters. The minimum absolute atomic E-state index is 0.158. The van der Waals surface area contributed by atoms with E-state index in [4.69, 9.17) is 9.47 Å². The van der Waals surface area contributed by atoms with Crippen LogP contribution in [0.2, 0.25) is 0 Å². The first kappa shape index (κ1) is 34.3. The maximum atomic E-state index is 12.8. The number of nitrogens with zero attached hydrogens (tertiary/aromatic N) is 3. The van der Waals surface area contributed by atoms with E-state index >= 15 is 0 Å². The molecule has 0 spiro atoms. The number of hydrogen-bond donors (Lipinski definition) is 1. The zero-order valence-electron chi connectivity index (χ0n) is 28.2. The number of rotatable bonds is 11. The number of amides is 1. The highest BCUT2D eigenvalue weighted by Gasteiger charge is 2.24. The van der Waals surface area contributed by atoms with Crippen LogP contribution in [-0.2, 0) is 38.7 Å². The lowest BCUT2D eigenvalue weighted by Gasteiger charge is -2.33. The average Bonchev–Trinajstić information content (AvgIpc) is 3.09. The molecule has 0 bridgehead atoms. The molecule has 4 aromatic rings. The predicted molar refractivity (Wildman–Crippen MR) is 185 cm³/mol. The van der Waals surface area contributed by atoms with Gasteiger partial charge in [-0.25, -0.2) is 9.97 Å². The molecule has 3 aromatic carbocycles. The Hall–Kier alpha value is -5.05. The van der Waals surface area contributed by atoms with Crippen LogP contribution in [0.5, 0.6) is 0 Å². The number of aromatic nitrogens is 2. The second-order valence-corrected chi connectivity index (χ2v) is 13.3. The SMILES string of the molecule is Cc1cc(C(=O)NCC(=O)OCc2ccccc2)nc(CC2CCN(c3ccc(-c4ccc(COC(=O)C(C)(C)C)cc4)cc3)CC2)n1. The number of carbonyl (C=O) groups is 3. The molecule has 48 heavy (non-hydrogen) atoms. The third kappa shape index (κ3) is 9.73. The van der Waals surface area contributed by atoms with E-state index in [0.717, 1.165) is 48.2 Å². The molecule has 1 amide bonds. The first-order chi connectivity index (χ1) is 23.0. The van der Waals surface area contributed by atoms with Crippen molar-refractivity contribution in [1.29, 1.82) is 0 Å². The lowest BCUT2D eigenvalue weighted by molar-refractivity contribution is -0.154. The molecule has 5 rings (SSSR count). The summed E-state index contributed by atoms with van der Waals surface area (Å²) < 4.78 is 10.7. The fourth-order valence-corrected chi connectivity index (χ4v) is 5.55. The summed E-state index contributed by atoms with van der Waals surface area (Å²) >= 11 is 0. The number of nitrogens with one attached hydrogen (secondary N) is 1. The lowest BCUT2D eigenvalue weighted by atomic mass is 9.92. The van der Waals surface area contributed by atoms with Gasteiger partial charge in [-0.1, -0.05) is 66.7 Å². The zero-order valence-corrected chi connectivity index (χ0v) is 28.2. The van der Waals surface area contributed by atoms with Crippen LogP contribution in [0.4, 0.5) is 5.69 Å². The fraction of sp³-hybridized carbons (Fsp3) is 0.359. The van der Waals surface area contributed by atoms with Crippen molar-refractivity contribution in [1.82, 2.24) is 15.3 Å². The van der Waals surface area contributed by atoms with Crippen molar-refractivity contribution < 1.29 is 23.9 Å². The first-order valence-corrected chi connectivity index (χ1v) is 16.5. The second-order valence-electron chi connectivity index (χ2n) is 13.3. The van der Waals surface area contributed by atoms with Crippen LogP contribution in [0.3, 0.4) is 0 Å². The van der Waals surface area contributed by atoms with Gasteiger partial charge >= 0.3 is 11.9 Å². The van der Waals surface area contributed by atoms with Gasteiger partial charge in [-0.05, 0) is 86.9 Å². The van der Waals surface area contributed by atoms with Crippen LogP contribution in [0.1, 0.15) is 66.7 Å². The Balaban J connectivity index is 1.08. The molecule has 250 valence electrons. The van der Waals surface area contributed by atoms with E-state index in [1.165, 1.54) is 5.69 Å². The molecule has 0 aliphatic carbocycles. The van der Waals surface area contributed by atoms with Crippen molar-refractivity contribution >= 4 is 23.5 Å². The molecule has 9 nitrogen and oxygen atoms in total. The van der Waals surface area contributed by atoms with E-state index in [2.05, 4.69) is 56.6 Å². The highest BCUT2D eigenvalue weighted by atomic mass is 16.5. The molecular weight excluding hydrogens is 604 g/mol. The highest BCUT2D eigenvalue weighted by Crippen LogP contribution is 2.28. The summed E-state index contributed by atoms with van der Waals surface area (Å²) in [5.41, 5.74) is 5.73. The van der Waals surface area contributed by atoms with Crippen LogP contribution in [0, 0.1) is 18.3 Å². The first-order valence-electron chi connectivity index (χ1n) is 16.5. The average molecular weight is 649 g/mol. The molecular formula is C39H44N4O5. The normalized spacial score (nSPS) is 13.5.